The normalized spacial score (nSPS) is 10.8. The minimum Gasteiger partial charge on any atom is -0.346 e. The van der Waals surface area contributed by atoms with Crippen LogP contribution < -0.4 is 5.32 Å². The highest BCUT2D eigenvalue weighted by Gasteiger charge is 2.18. The molecule has 2 heterocycles. The average molecular weight is 340 g/mol. The van der Waals surface area contributed by atoms with E-state index in [1.54, 1.807) is 17.9 Å². The number of halogens is 1. The molecule has 1 N–H and O–H groups in total. The molecule has 0 aliphatic rings. The largest absolute Gasteiger partial charge is 0.346 e. The predicted octanol–water partition coefficient (Wildman–Crippen LogP) is 1.95. The fourth-order valence-corrected chi connectivity index (χ4v) is 2.63. The maximum atomic E-state index is 12.2. The molecule has 108 valence electrons. The third-order valence-electron chi connectivity index (χ3n) is 3.31. The summed E-state index contributed by atoms with van der Waals surface area (Å²) in [5.74, 6) is -0.149. The van der Waals surface area contributed by atoms with Crippen molar-refractivity contribution in [3.05, 3.63) is 33.3 Å². The van der Waals surface area contributed by atoms with E-state index in [0.717, 1.165) is 28.0 Å². The Morgan fingerprint density at radius 3 is 2.65 bits per heavy atom. The lowest BCUT2D eigenvalue weighted by atomic mass is 10.2. The van der Waals surface area contributed by atoms with Gasteiger partial charge in [0, 0.05) is 31.4 Å². The average Bonchev–Trinajstić information content (AvgIpc) is 2.88. The van der Waals surface area contributed by atoms with Gasteiger partial charge >= 0.3 is 0 Å². The molecule has 0 spiro atoms. The summed E-state index contributed by atoms with van der Waals surface area (Å²) >= 11 is 3.40. The van der Waals surface area contributed by atoms with Crippen LogP contribution in [0.25, 0.3) is 0 Å². The number of hydrogen-bond donors (Lipinski definition) is 1. The van der Waals surface area contributed by atoms with E-state index < -0.39 is 0 Å². The molecule has 0 saturated carbocycles. The molecule has 0 atom stereocenters. The van der Waals surface area contributed by atoms with Crippen LogP contribution in [0.15, 0.2) is 10.7 Å². The zero-order chi connectivity index (χ0) is 14.9. The van der Waals surface area contributed by atoms with Gasteiger partial charge in [-0.2, -0.15) is 10.2 Å². The molecule has 1 amide bonds. The van der Waals surface area contributed by atoms with Crippen molar-refractivity contribution in [2.45, 2.75) is 33.9 Å². The number of nitrogens with zero attached hydrogens (tertiary/aromatic N) is 4. The highest BCUT2D eigenvalue weighted by atomic mass is 79.9. The summed E-state index contributed by atoms with van der Waals surface area (Å²) in [7, 11) is 1.76. The van der Waals surface area contributed by atoms with E-state index in [-0.39, 0.29) is 5.91 Å². The Hall–Kier alpha value is -1.63. The van der Waals surface area contributed by atoms with Gasteiger partial charge in [0.1, 0.15) is 5.69 Å². The molecule has 7 heteroatoms. The van der Waals surface area contributed by atoms with Crippen molar-refractivity contribution < 1.29 is 4.79 Å². The van der Waals surface area contributed by atoms with Crippen molar-refractivity contribution in [2.24, 2.45) is 7.05 Å². The van der Waals surface area contributed by atoms with E-state index in [4.69, 9.17) is 0 Å². The number of aromatic nitrogens is 4. The lowest BCUT2D eigenvalue weighted by molar-refractivity contribution is 0.0940. The standard InChI is InChI=1S/C13H18BrN5O/c1-5-19-9(3)10(7-16-19)6-15-13(20)12-11(14)8(2)17-18(12)4/h7H,5-6H2,1-4H3,(H,15,20). The minimum absolute atomic E-state index is 0.149. The van der Waals surface area contributed by atoms with Gasteiger partial charge in [-0.15, -0.1) is 0 Å². The lowest BCUT2D eigenvalue weighted by Gasteiger charge is -2.06. The SMILES string of the molecule is CCn1ncc(CNC(=O)c2c(Br)c(C)nn2C)c1C. The maximum absolute atomic E-state index is 12.2. The van der Waals surface area contributed by atoms with Crippen molar-refractivity contribution in [1.82, 2.24) is 24.9 Å². The number of amides is 1. The van der Waals surface area contributed by atoms with Gasteiger partial charge in [-0.05, 0) is 36.7 Å². The molecule has 0 radical (unpaired) electrons. The van der Waals surface area contributed by atoms with Crippen LogP contribution in [0.5, 0.6) is 0 Å². The molecule has 0 saturated heterocycles. The van der Waals surface area contributed by atoms with E-state index in [1.165, 1.54) is 0 Å². The Morgan fingerprint density at radius 2 is 2.15 bits per heavy atom. The Morgan fingerprint density at radius 1 is 1.45 bits per heavy atom. The molecule has 0 aliphatic heterocycles. The number of hydrogen-bond acceptors (Lipinski definition) is 3. The molecule has 2 aromatic heterocycles. The van der Waals surface area contributed by atoms with Gasteiger partial charge < -0.3 is 5.32 Å². The highest BCUT2D eigenvalue weighted by Crippen LogP contribution is 2.20. The van der Waals surface area contributed by atoms with Crippen LogP contribution in [-0.2, 0) is 20.1 Å². The molecule has 6 nitrogen and oxygen atoms in total. The zero-order valence-corrected chi connectivity index (χ0v) is 13.7. The first kappa shape index (κ1) is 14.8. The van der Waals surface area contributed by atoms with Gasteiger partial charge in [0.15, 0.2) is 0 Å². The highest BCUT2D eigenvalue weighted by molar-refractivity contribution is 9.10. The first-order valence-electron chi connectivity index (χ1n) is 6.44. The van der Waals surface area contributed by atoms with Crippen molar-refractivity contribution in [3.63, 3.8) is 0 Å². The molecule has 0 unspecified atom stereocenters. The Kier molecular flexibility index (Phi) is 4.27. The second-order valence-corrected chi connectivity index (χ2v) is 5.42. The van der Waals surface area contributed by atoms with Crippen molar-refractivity contribution in [2.75, 3.05) is 0 Å². The van der Waals surface area contributed by atoms with Gasteiger partial charge in [-0.3, -0.25) is 14.2 Å². The van der Waals surface area contributed by atoms with E-state index in [2.05, 4.69) is 31.4 Å². The van der Waals surface area contributed by atoms with Gasteiger partial charge in [0.05, 0.1) is 16.4 Å². The molecule has 0 aliphatic carbocycles. The van der Waals surface area contributed by atoms with Crippen LogP contribution >= 0.6 is 15.9 Å². The van der Waals surface area contributed by atoms with E-state index in [9.17, 15) is 4.79 Å². The van der Waals surface area contributed by atoms with Gasteiger partial charge in [-0.25, -0.2) is 0 Å². The molecule has 0 bridgehead atoms. The Balaban J connectivity index is 2.10. The fraction of sp³-hybridized carbons (Fsp3) is 0.462. The third-order valence-corrected chi connectivity index (χ3v) is 4.26. The molecule has 20 heavy (non-hydrogen) atoms. The quantitative estimate of drug-likeness (QED) is 0.925. The van der Waals surface area contributed by atoms with Crippen LogP contribution in [-0.4, -0.2) is 25.5 Å². The predicted molar refractivity (Wildman–Crippen MR) is 79.5 cm³/mol. The van der Waals surface area contributed by atoms with Crippen molar-refractivity contribution >= 4 is 21.8 Å². The Bertz CT molecular complexity index is 643. The van der Waals surface area contributed by atoms with E-state index >= 15 is 0 Å². The molecule has 0 aromatic carbocycles. The minimum atomic E-state index is -0.149. The number of rotatable bonds is 4. The van der Waals surface area contributed by atoms with Crippen LogP contribution in [0.3, 0.4) is 0 Å². The Labute approximate surface area is 126 Å². The monoisotopic (exact) mass is 339 g/mol. The van der Waals surface area contributed by atoms with Crippen molar-refractivity contribution in [1.29, 1.82) is 0 Å². The molecular weight excluding hydrogens is 322 g/mol. The summed E-state index contributed by atoms with van der Waals surface area (Å²) in [4.78, 5) is 12.2. The summed E-state index contributed by atoms with van der Waals surface area (Å²) in [6.45, 7) is 7.18. The molecule has 2 aromatic rings. The summed E-state index contributed by atoms with van der Waals surface area (Å²) < 4.78 is 4.22. The second kappa shape index (κ2) is 5.78. The summed E-state index contributed by atoms with van der Waals surface area (Å²) in [5, 5.41) is 11.4. The smallest absolute Gasteiger partial charge is 0.270 e. The number of carbonyl (C=O) groups excluding carboxylic acids is 1. The topological polar surface area (TPSA) is 64.7 Å². The van der Waals surface area contributed by atoms with Gasteiger partial charge in [0.25, 0.3) is 5.91 Å². The number of carbonyl (C=O) groups is 1. The molecule has 0 fully saturated rings. The van der Waals surface area contributed by atoms with Crippen LogP contribution in [0.1, 0.15) is 34.4 Å². The van der Waals surface area contributed by atoms with Crippen LogP contribution in [0.2, 0.25) is 0 Å². The summed E-state index contributed by atoms with van der Waals surface area (Å²) in [6, 6.07) is 0. The lowest BCUT2D eigenvalue weighted by Crippen LogP contribution is -2.25. The van der Waals surface area contributed by atoms with E-state index in [0.29, 0.717) is 12.2 Å². The second-order valence-electron chi connectivity index (χ2n) is 4.63. The van der Waals surface area contributed by atoms with Crippen molar-refractivity contribution in [3.8, 4) is 0 Å². The zero-order valence-electron chi connectivity index (χ0n) is 12.1. The van der Waals surface area contributed by atoms with Gasteiger partial charge in [0.2, 0.25) is 0 Å². The molecular formula is C13H18BrN5O. The van der Waals surface area contributed by atoms with Crippen LogP contribution in [0, 0.1) is 13.8 Å². The molecule has 2 rings (SSSR count). The maximum Gasteiger partial charge on any atom is 0.270 e. The summed E-state index contributed by atoms with van der Waals surface area (Å²) in [6.07, 6.45) is 1.79. The first-order valence-corrected chi connectivity index (χ1v) is 7.23. The van der Waals surface area contributed by atoms with E-state index in [1.807, 2.05) is 25.5 Å². The first-order chi connectivity index (χ1) is 9.45. The number of nitrogens with one attached hydrogen (secondary N) is 1. The third kappa shape index (κ3) is 2.63. The fourth-order valence-electron chi connectivity index (χ4n) is 2.12. The number of aryl methyl sites for hydroxylation is 3. The summed E-state index contributed by atoms with van der Waals surface area (Å²) in [5.41, 5.74) is 3.43. The van der Waals surface area contributed by atoms with Gasteiger partial charge in [-0.1, -0.05) is 0 Å². The van der Waals surface area contributed by atoms with Crippen LogP contribution in [0.4, 0.5) is 0 Å².